The van der Waals surface area contributed by atoms with Crippen LogP contribution in [0.1, 0.15) is 51.9 Å². The number of rotatable bonds is 9. The molecule has 0 spiro atoms. The van der Waals surface area contributed by atoms with Gasteiger partial charge in [0.2, 0.25) is 0 Å². The van der Waals surface area contributed by atoms with Crippen LogP contribution in [0.3, 0.4) is 0 Å². The average Bonchev–Trinajstić information content (AvgIpc) is 2.10. The summed E-state index contributed by atoms with van der Waals surface area (Å²) in [6, 6.07) is 0. The SMILES string of the molecule is [CH2]CCCCCCC[CH]OCC. The van der Waals surface area contributed by atoms with Gasteiger partial charge < -0.3 is 4.74 Å². The van der Waals surface area contributed by atoms with E-state index in [1.165, 1.54) is 32.1 Å². The smallest absolute Gasteiger partial charge is 0.0836 e. The Hall–Kier alpha value is -0.0400. The van der Waals surface area contributed by atoms with Crippen LogP contribution in [0.5, 0.6) is 0 Å². The molecular formula is C11H22O. The van der Waals surface area contributed by atoms with E-state index in [1.54, 1.807) is 0 Å². The summed E-state index contributed by atoms with van der Waals surface area (Å²) in [7, 11) is 0. The van der Waals surface area contributed by atoms with Gasteiger partial charge in [-0.3, -0.25) is 0 Å². The molecule has 0 aromatic heterocycles. The Bertz CT molecular complexity index is 61.4. The van der Waals surface area contributed by atoms with E-state index in [0.29, 0.717) is 0 Å². The van der Waals surface area contributed by atoms with Crippen LogP contribution in [0.25, 0.3) is 0 Å². The minimum atomic E-state index is 0.807. The van der Waals surface area contributed by atoms with Gasteiger partial charge in [0.05, 0.1) is 6.61 Å². The Morgan fingerprint density at radius 3 is 2.42 bits per heavy atom. The molecule has 0 fully saturated rings. The highest BCUT2D eigenvalue weighted by Crippen LogP contribution is 2.07. The van der Waals surface area contributed by atoms with E-state index in [1.807, 2.05) is 13.5 Å². The first-order chi connectivity index (χ1) is 5.91. The van der Waals surface area contributed by atoms with Crippen LogP contribution in [0, 0.1) is 13.5 Å². The fourth-order valence-electron chi connectivity index (χ4n) is 1.14. The molecule has 0 aromatic rings. The number of hydrogen-bond donors (Lipinski definition) is 0. The van der Waals surface area contributed by atoms with E-state index in [-0.39, 0.29) is 0 Å². The molecule has 0 amide bonds. The Morgan fingerprint density at radius 1 is 1.08 bits per heavy atom. The van der Waals surface area contributed by atoms with Gasteiger partial charge in [0.15, 0.2) is 0 Å². The fraction of sp³-hybridized carbons (Fsp3) is 0.818. The van der Waals surface area contributed by atoms with Gasteiger partial charge >= 0.3 is 0 Å². The van der Waals surface area contributed by atoms with Crippen molar-refractivity contribution in [1.82, 2.24) is 0 Å². The van der Waals surface area contributed by atoms with E-state index >= 15 is 0 Å². The molecule has 0 aliphatic heterocycles. The molecule has 0 aromatic carbocycles. The van der Waals surface area contributed by atoms with Gasteiger partial charge in [-0.2, -0.15) is 0 Å². The van der Waals surface area contributed by atoms with E-state index in [9.17, 15) is 0 Å². The zero-order valence-corrected chi connectivity index (χ0v) is 8.35. The van der Waals surface area contributed by atoms with Gasteiger partial charge in [-0.1, -0.05) is 45.4 Å². The lowest BCUT2D eigenvalue weighted by Crippen LogP contribution is -1.86. The molecule has 0 unspecified atom stereocenters. The predicted octanol–water partition coefficient (Wildman–Crippen LogP) is 3.75. The molecule has 1 nitrogen and oxygen atoms in total. The van der Waals surface area contributed by atoms with Gasteiger partial charge in [0.25, 0.3) is 0 Å². The predicted molar refractivity (Wildman–Crippen MR) is 53.6 cm³/mol. The Labute approximate surface area is 77.5 Å². The lowest BCUT2D eigenvalue weighted by molar-refractivity contribution is 0.205. The zero-order chi connectivity index (χ0) is 9.07. The maximum Gasteiger partial charge on any atom is 0.0836 e. The van der Waals surface area contributed by atoms with Crippen molar-refractivity contribution >= 4 is 0 Å². The van der Waals surface area contributed by atoms with E-state index in [4.69, 9.17) is 4.74 Å². The summed E-state index contributed by atoms with van der Waals surface area (Å²) in [5.41, 5.74) is 0. The van der Waals surface area contributed by atoms with Crippen molar-refractivity contribution < 1.29 is 4.74 Å². The highest BCUT2D eigenvalue weighted by atomic mass is 16.5. The molecule has 0 bridgehead atoms. The van der Waals surface area contributed by atoms with Gasteiger partial charge in [-0.25, -0.2) is 0 Å². The van der Waals surface area contributed by atoms with Crippen molar-refractivity contribution in [2.24, 2.45) is 0 Å². The summed E-state index contributed by atoms with van der Waals surface area (Å²) in [5.74, 6) is 0. The third-order valence-electron chi connectivity index (χ3n) is 1.86. The van der Waals surface area contributed by atoms with Crippen LogP contribution in [-0.4, -0.2) is 6.61 Å². The third kappa shape index (κ3) is 9.96. The Balaban J connectivity index is 2.73. The zero-order valence-electron chi connectivity index (χ0n) is 8.35. The fourth-order valence-corrected chi connectivity index (χ4v) is 1.14. The van der Waals surface area contributed by atoms with E-state index in [0.717, 1.165) is 19.4 Å². The average molecular weight is 170 g/mol. The van der Waals surface area contributed by atoms with Gasteiger partial charge in [0.1, 0.15) is 0 Å². The van der Waals surface area contributed by atoms with Gasteiger partial charge in [-0.15, -0.1) is 0 Å². The van der Waals surface area contributed by atoms with Crippen LogP contribution >= 0.6 is 0 Å². The van der Waals surface area contributed by atoms with Crippen molar-refractivity contribution in [3.05, 3.63) is 13.5 Å². The monoisotopic (exact) mass is 170 g/mol. The second-order valence-electron chi connectivity index (χ2n) is 3.03. The van der Waals surface area contributed by atoms with E-state index < -0.39 is 0 Å². The summed E-state index contributed by atoms with van der Waals surface area (Å²) >= 11 is 0. The molecule has 0 N–H and O–H groups in total. The first kappa shape index (κ1) is 12.0. The highest BCUT2D eigenvalue weighted by molar-refractivity contribution is 4.52. The number of hydrogen-bond acceptors (Lipinski definition) is 1. The normalized spacial score (nSPS) is 10.5. The number of ether oxygens (including phenoxy) is 1. The summed E-state index contributed by atoms with van der Waals surface area (Å²) in [6.07, 6.45) is 8.80. The summed E-state index contributed by atoms with van der Waals surface area (Å²) < 4.78 is 5.13. The van der Waals surface area contributed by atoms with E-state index in [2.05, 4.69) is 6.92 Å². The summed E-state index contributed by atoms with van der Waals surface area (Å²) in [5, 5.41) is 0. The maximum absolute atomic E-state index is 5.13. The quantitative estimate of drug-likeness (QED) is 0.479. The second kappa shape index (κ2) is 11.0. The Kier molecular flexibility index (Phi) is 10.9. The van der Waals surface area contributed by atoms with Crippen molar-refractivity contribution in [3.8, 4) is 0 Å². The van der Waals surface area contributed by atoms with Crippen LogP contribution in [0.2, 0.25) is 0 Å². The molecular weight excluding hydrogens is 148 g/mol. The molecule has 2 radical (unpaired) electrons. The first-order valence-electron chi connectivity index (χ1n) is 5.14. The molecule has 0 saturated heterocycles. The molecule has 12 heavy (non-hydrogen) atoms. The lowest BCUT2D eigenvalue weighted by atomic mass is 10.1. The highest BCUT2D eigenvalue weighted by Gasteiger charge is 1.90. The minimum absolute atomic E-state index is 0.807. The summed E-state index contributed by atoms with van der Waals surface area (Å²) in [4.78, 5) is 0. The standard InChI is InChI=1S/C11H22O/c1-3-5-6-7-8-9-10-11-12-4-2/h11H,1,3-10H2,2H3. The molecule has 0 heterocycles. The molecule has 0 aliphatic rings. The lowest BCUT2D eigenvalue weighted by Gasteiger charge is -2.00. The topological polar surface area (TPSA) is 9.23 Å². The molecule has 0 rings (SSSR count). The third-order valence-corrected chi connectivity index (χ3v) is 1.86. The molecule has 0 aliphatic carbocycles. The van der Waals surface area contributed by atoms with Gasteiger partial charge in [0, 0.05) is 6.61 Å². The first-order valence-corrected chi connectivity index (χ1v) is 5.14. The Morgan fingerprint density at radius 2 is 1.75 bits per heavy atom. The molecule has 1 heteroatoms. The van der Waals surface area contributed by atoms with Gasteiger partial charge in [-0.05, 0) is 13.3 Å². The maximum atomic E-state index is 5.13. The van der Waals surface area contributed by atoms with Crippen LogP contribution in [-0.2, 0) is 4.74 Å². The minimum Gasteiger partial charge on any atom is -0.376 e. The van der Waals surface area contributed by atoms with Crippen molar-refractivity contribution in [2.45, 2.75) is 51.9 Å². The van der Waals surface area contributed by atoms with Crippen molar-refractivity contribution in [2.75, 3.05) is 6.61 Å². The van der Waals surface area contributed by atoms with Crippen LogP contribution in [0.15, 0.2) is 0 Å². The van der Waals surface area contributed by atoms with Crippen molar-refractivity contribution in [1.29, 1.82) is 0 Å². The van der Waals surface area contributed by atoms with Crippen LogP contribution in [0.4, 0.5) is 0 Å². The number of unbranched alkanes of at least 4 members (excludes halogenated alkanes) is 6. The summed E-state index contributed by atoms with van der Waals surface area (Å²) in [6.45, 7) is 8.58. The molecule has 0 atom stereocenters. The second-order valence-corrected chi connectivity index (χ2v) is 3.03. The molecule has 72 valence electrons. The van der Waals surface area contributed by atoms with Crippen molar-refractivity contribution in [3.63, 3.8) is 0 Å². The molecule has 0 saturated carbocycles. The largest absolute Gasteiger partial charge is 0.376 e. The van der Waals surface area contributed by atoms with Crippen LogP contribution < -0.4 is 0 Å².